The normalized spacial score (nSPS) is 11.8. The zero-order valence-electron chi connectivity index (χ0n) is 19.7. The number of nitro groups is 1. The molecule has 1 atom stereocenters. The molecule has 1 amide bonds. The molecule has 3 aromatic carbocycles. The Morgan fingerprint density at radius 3 is 2.58 bits per heavy atom. The van der Waals surface area contributed by atoms with Gasteiger partial charge in [0.05, 0.1) is 22.6 Å². The number of non-ortho nitro benzene ring substituents is 1. The van der Waals surface area contributed by atoms with Crippen LogP contribution < -0.4 is 14.8 Å². The Morgan fingerprint density at radius 1 is 1.17 bits per heavy atom. The molecule has 0 fully saturated rings. The van der Waals surface area contributed by atoms with Gasteiger partial charge in [-0.15, -0.1) is 0 Å². The average molecular weight is 506 g/mol. The minimum absolute atomic E-state index is 0.0277. The number of halogens is 1. The molecule has 0 aliphatic carbocycles. The van der Waals surface area contributed by atoms with Crippen LogP contribution in [-0.2, 0) is 11.4 Å². The van der Waals surface area contributed by atoms with Gasteiger partial charge in [0.2, 0.25) is 0 Å². The van der Waals surface area contributed by atoms with E-state index in [1.54, 1.807) is 31.2 Å². The molecule has 0 heterocycles. The summed E-state index contributed by atoms with van der Waals surface area (Å²) in [4.78, 5) is 23.3. The van der Waals surface area contributed by atoms with Crippen LogP contribution in [0.2, 0.25) is 5.02 Å². The van der Waals surface area contributed by atoms with E-state index in [9.17, 15) is 20.2 Å². The van der Waals surface area contributed by atoms with E-state index in [1.165, 1.54) is 18.2 Å². The molecule has 0 bridgehead atoms. The molecule has 0 aromatic heterocycles. The maximum absolute atomic E-state index is 12.7. The van der Waals surface area contributed by atoms with Gasteiger partial charge in [-0.25, -0.2) is 0 Å². The van der Waals surface area contributed by atoms with E-state index in [-0.39, 0.29) is 34.7 Å². The summed E-state index contributed by atoms with van der Waals surface area (Å²) in [5.41, 5.74) is 1.83. The Kier molecular flexibility index (Phi) is 9.03. The summed E-state index contributed by atoms with van der Waals surface area (Å²) in [5, 5.41) is 23.6. The highest BCUT2D eigenvalue weighted by atomic mass is 35.5. The Hall–Kier alpha value is -4.35. The van der Waals surface area contributed by atoms with E-state index < -0.39 is 10.8 Å². The molecule has 0 aliphatic rings. The Morgan fingerprint density at radius 2 is 1.92 bits per heavy atom. The summed E-state index contributed by atoms with van der Waals surface area (Å²) in [7, 11) is 0. The second-order valence-electron chi connectivity index (χ2n) is 7.75. The maximum Gasteiger partial charge on any atom is 0.269 e. The first kappa shape index (κ1) is 26.3. The third kappa shape index (κ3) is 6.84. The topological polar surface area (TPSA) is 114 Å². The zero-order chi connectivity index (χ0) is 26.1. The van der Waals surface area contributed by atoms with Gasteiger partial charge < -0.3 is 14.8 Å². The van der Waals surface area contributed by atoms with Crippen molar-refractivity contribution in [3.8, 4) is 17.6 Å². The average Bonchev–Trinajstić information content (AvgIpc) is 2.87. The number of nitriles is 1. The summed E-state index contributed by atoms with van der Waals surface area (Å²) in [5.74, 6) is 0.0498. The van der Waals surface area contributed by atoms with Crippen molar-refractivity contribution in [1.82, 2.24) is 5.32 Å². The summed E-state index contributed by atoms with van der Waals surface area (Å²) in [6.07, 6.45) is 1.42. The molecule has 184 valence electrons. The van der Waals surface area contributed by atoms with Gasteiger partial charge in [-0.1, -0.05) is 54.1 Å². The Balaban J connectivity index is 1.82. The van der Waals surface area contributed by atoms with Crippen molar-refractivity contribution in [2.24, 2.45) is 0 Å². The summed E-state index contributed by atoms with van der Waals surface area (Å²) in [6.45, 7) is 3.97. The highest BCUT2D eigenvalue weighted by Crippen LogP contribution is 2.38. The van der Waals surface area contributed by atoms with E-state index in [1.807, 2.05) is 43.3 Å². The van der Waals surface area contributed by atoms with Crippen molar-refractivity contribution in [2.75, 3.05) is 6.61 Å². The molecule has 9 heteroatoms. The van der Waals surface area contributed by atoms with Crippen molar-refractivity contribution in [3.05, 3.63) is 104 Å². The molecule has 36 heavy (non-hydrogen) atoms. The molecule has 0 saturated carbocycles. The Bertz CT molecular complexity index is 1320. The number of ether oxygens (including phenoxy) is 2. The van der Waals surface area contributed by atoms with Crippen LogP contribution in [0.25, 0.3) is 6.08 Å². The van der Waals surface area contributed by atoms with Gasteiger partial charge in [0.25, 0.3) is 11.6 Å². The van der Waals surface area contributed by atoms with Crippen molar-refractivity contribution < 1.29 is 19.2 Å². The van der Waals surface area contributed by atoms with Gasteiger partial charge in [0.1, 0.15) is 18.2 Å². The zero-order valence-corrected chi connectivity index (χ0v) is 20.5. The molecular weight excluding hydrogens is 482 g/mol. The van der Waals surface area contributed by atoms with Crippen LogP contribution in [0.4, 0.5) is 5.69 Å². The molecule has 8 nitrogen and oxygen atoms in total. The van der Waals surface area contributed by atoms with Crippen molar-refractivity contribution in [1.29, 1.82) is 5.26 Å². The fraction of sp³-hybridized carbons (Fsp3) is 0.185. The quantitative estimate of drug-likeness (QED) is 0.156. The lowest BCUT2D eigenvalue weighted by Gasteiger charge is -2.15. The molecule has 3 rings (SSSR count). The summed E-state index contributed by atoms with van der Waals surface area (Å²) in [6, 6.07) is 20.3. The van der Waals surface area contributed by atoms with Crippen LogP contribution >= 0.6 is 11.6 Å². The van der Waals surface area contributed by atoms with Crippen molar-refractivity contribution in [2.45, 2.75) is 26.5 Å². The summed E-state index contributed by atoms with van der Waals surface area (Å²) >= 11 is 6.46. The van der Waals surface area contributed by atoms with Gasteiger partial charge in [0, 0.05) is 12.1 Å². The van der Waals surface area contributed by atoms with E-state index in [0.717, 1.165) is 5.56 Å². The van der Waals surface area contributed by atoms with E-state index in [0.29, 0.717) is 23.5 Å². The molecule has 0 saturated heterocycles. The van der Waals surface area contributed by atoms with Crippen LogP contribution in [0.15, 0.2) is 72.3 Å². The molecule has 1 N–H and O–H groups in total. The lowest BCUT2D eigenvalue weighted by molar-refractivity contribution is -0.384. The van der Waals surface area contributed by atoms with Gasteiger partial charge >= 0.3 is 0 Å². The second-order valence-corrected chi connectivity index (χ2v) is 8.16. The first-order valence-electron chi connectivity index (χ1n) is 11.1. The van der Waals surface area contributed by atoms with E-state index in [4.69, 9.17) is 21.1 Å². The molecule has 0 radical (unpaired) electrons. The highest BCUT2D eigenvalue weighted by molar-refractivity contribution is 6.32. The number of rotatable bonds is 10. The number of carbonyl (C=O) groups is 1. The van der Waals surface area contributed by atoms with Crippen LogP contribution in [0.3, 0.4) is 0 Å². The van der Waals surface area contributed by atoms with Crippen LogP contribution in [0.5, 0.6) is 11.5 Å². The SMILES string of the molecule is CCOc1cc(/C=C(/C#N)C(=O)N[C@H](C)c2ccccc2)cc(Cl)c1OCc1cccc([N+](=O)[O-])c1. The van der Waals surface area contributed by atoms with Gasteiger partial charge in [0.15, 0.2) is 11.5 Å². The molecule has 0 aliphatic heterocycles. The predicted molar refractivity (Wildman–Crippen MR) is 137 cm³/mol. The fourth-order valence-electron chi connectivity index (χ4n) is 3.40. The second kappa shape index (κ2) is 12.4. The molecular formula is C27H24ClN3O5. The third-order valence-electron chi connectivity index (χ3n) is 5.16. The molecule has 0 unspecified atom stereocenters. The standard InChI is InChI=1S/C27H24ClN3O5/c1-3-35-25-15-20(12-22(16-29)27(32)30-18(2)21-9-5-4-6-10-21)14-24(28)26(25)36-17-19-8-7-11-23(13-19)31(33)34/h4-15,18H,3,17H2,1-2H3,(H,30,32)/b22-12-/t18-/m1/s1. The number of nitrogens with one attached hydrogen (secondary N) is 1. The summed E-state index contributed by atoms with van der Waals surface area (Å²) < 4.78 is 11.5. The van der Waals surface area contributed by atoms with Gasteiger partial charge in [-0.3, -0.25) is 14.9 Å². The number of amides is 1. The number of hydrogen-bond acceptors (Lipinski definition) is 6. The Labute approximate surface area is 213 Å². The highest BCUT2D eigenvalue weighted by Gasteiger charge is 2.17. The smallest absolute Gasteiger partial charge is 0.269 e. The number of benzene rings is 3. The van der Waals surface area contributed by atoms with Crippen LogP contribution in [0, 0.1) is 21.4 Å². The van der Waals surface area contributed by atoms with E-state index >= 15 is 0 Å². The lowest BCUT2D eigenvalue weighted by Crippen LogP contribution is -2.27. The first-order valence-corrected chi connectivity index (χ1v) is 11.5. The number of carbonyl (C=O) groups excluding carboxylic acids is 1. The van der Waals surface area contributed by atoms with Crippen molar-refractivity contribution >= 4 is 29.3 Å². The number of hydrogen-bond donors (Lipinski definition) is 1. The van der Waals surface area contributed by atoms with Crippen LogP contribution in [-0.4, -0.2) is 17.4 Å². The maximum atomic E-state index is 12.7. The monoisotopic (exact) mass is 505 g/mol. The minimum Gasteiger partial charge on any atom is -0.490 e. The third-order valence-corrected chi connectivity index (χ3v) is 5.44. The first-order chi connectivity index (χ1) is 17.3. The van der Waals surface area contributed by atoms with Crippen molar-refractivity contribution in [3.63, 3.8) is 0 Å². The van der Waals surface area contributed by atoms with Gasteiger partial charge in [-0.05, 0) is 48.7 Å². The van der Waals surface area contributed by atoms with Gasteiger partial charge in [-0.2, -0.15) is 5.26 Å². The van der Waals surface area contributed by atoms with E-state index in [2.05, 4.69) is 5.32 Å². The predicted octanol–water partition coefficient (Wildman–Crippen LogP) is 6.01. The minimum atomic E-state index is -0.520. The molecule has 0 spiro atoms. The number of nitrogens with zero attached hydrogens (tertiary/aromatic N) is 2. The molecule has 3 aromatic rings. The lowest BCUT2D eigenvalue weighted by atomic mass is 10.1. The number of nitro benzene ring substituents is 1. The fourth-order valence-corrected chi connectivity index (χ4v) is 3.68. The largest absolute Gasteiger partial charge is 0.490 e. The van der Waals surface area contributed by atoms with Crippen LogP contribution in [0.1, 0.15) is 36.6 Å².